The topological polar surface area (TPSA) is 55.1 Å². The van der Waals surface area contributed by atoms with E-state index < -0.39 is 0 Å². The number of anilines is 1. The minimum atomic E-state index is -0.248. The zero-order valence-electron chi connectivity index (χ0n) is 13.7. The summed E-state index contributed by atoms with van der Waals surface area (Å²) in [6, 6.07) is 12.9. The summed E-state index contributed by atoms with van der Waals surface area (Å²) in [5.74, 6) is 0.225. The van der Waals surface area contributed by atoms with Crippen molar-refractivity contribution >= 4 is 23.2 Å². The van der Waals surface area contributed by atoms with Crippen molar-refractivity contribution in [2.75, 3.05) is 5.32 Å². The lowest BCUT2D eigenvalue weighted by Gasteiger charge is -2.08. The maximum atomic E-state index is 12.7. The lowest BCUT2D eigenvalue weighted by Crippen LogP contribution is -2.13. The number of amides is 1. The predicted octanol–water partition coefficient (Wildman–Crippen LogP) is 5.17. The van der Waals surface area contributed by atoms with Crippen molar-refractivity contribution in [2.24, 2.45) is 0 Å². The molecule has 0 radical (unpaired) electrons. The van der Waals surface area contributed by atoms with Crippen LogP contribution >= 0.6 is 11.6 Å². The van der Waals surface area contributed by atoms with Gasteiger partial charge in [-0.15, -0.1) is 0 Å². The highest BCUT2D eigenvalue weighted by atomic mass is 35.5. The molecule has 0 aliphatic carbocycles. The van der Waals surface area contributed by atoms with Gasteiger partial charge in [-0.3, -0.25) is 4.79 Å². The molecule has 122 valence electrons. The van der Waals surface area contributed by atoms with Crippen molar-refractivity contribution in [2.45, 2.75) is 20.8 Å². The van der Waals surface area contributed by atoms with Gasteiger partial charge in [0.1, 0.15) is 17.0 Å². The zero-order valence-corrected chi connectivity index (χ0v) is 14.4. The molecule has 4 nitrogen and oxygen atoms in total. The zero-order chi connectivity index (χ0) is 17.3. The van der Waals surface area contributed by atoms with Crippen LogP contribution in [0.2, 0.25) is 5.02 Å². The molecule has 1 heterocycles. The third-order valence-corrected chi connectivity index (χ3v) is 4.22. The highest BCUT2D eigenvalue weighted by molar-refractivity contribution is 6.30. The third kappa shape index (κ3) is 3.19. The third-order valence-electron chi connectivity index (χ3n) is 3.97. The first-order valence-electron chi connectivity index (χ1n) is 7.56. The lowest BCUT2D eigenvalue weighted by atomic mass is 10.1. The Morgan fingerprint density at radius 3 is 2.42 bits per heavy atom. The van der Waals surface area contributed by atoms with Gasteiger partial charge in [0.2, 0.25) is 0 Å². The largest absolute Gasteiger partial charge is 0.360 e. The summed E-state index contributed by atoms with van der Waals surface area (Å²) in [6.45, 7) is 5.76. The van der Waals surface area contributed by atoms with Crippen molar-refractivity contribution in [1.29, 1.82) is 0 Å². The van der Waals surface area contributed by atoms with Gasteiger partial charge < -0.3 is 9.84 Å². The van der Waals surface area contributed by atoms with E-state index in [0.29, 0.717) is 22.0 Å². The van der Waals surface area contributed by atoms with Crippen LogP contribution in [0.15, 0.2) is 47.0 Å². The maximum absolute atomic E-state index is 12.7. The molecule has 24 heavy (non-hydrogen) atoms. The molecule has 0 bridgehead atoms. The molecular weight excluding hydrogens is 324 g/mol. The van der Waals surface area contributed by atoms with Crippen molar-refractivity contribution in [3.05, 3.63) is 69.9 Å². The first-order chi connectivity index (χ1) is 11.5. The highest BCUT2D eigenvalue weighted by Gasteiger charge is 2.21. The van der Waals surface area contributed by atoms with Crippen LogP contribution in [0.1, 0.15) is 27.2 Å². The molecule has 0 saturated carbocycles. The number of aryl methyl sites for hydroxylation is 3. The molecule has 0 spiro atoms. The molecule has 0 atom stereocenters. The Kier molecular flexibility index (Phi) is 4.40. The van der Waals surface area contributed by atoms with Crippen molar-refractivity contribution in [3.8, 4) is 11.3 Å². The second kappa shape index (κ2) is 6.49. The summed E-state index contributed by atoms with van der Waals surface area (Å²) in [4.78, 5) is 12.7. The fourth-order valence-corrected chi connectivity index (χ4v) is 2.58. The molecule has 1 N–H and O–H groups in total. The first-order valence-corrected chi connectivity index (χ1v) is 7.94. The number of carbonyl (C=O) groups is 1. The molecule has 3 aromatic rings. The monoisotopic (exact) mass is 340 g/mol. The Morgan fingerprint density at radius 1 is 1.04 bits per heavy atom. The van der Waals surface area contributed by atoms with E-state index in [9.17, 15) is 4.79 Å². The molecule has 0 aliphatic rings. The Morgan fingerprint density at radius 2 is 1.75 bits per heavy atom. The smallest absolute Gasteiger partial charge is 0.261 e. The van der Waals surface area contributed by atoms with E-state index in [1.165, 1.54) is 5.56 Å². The van der Waals surface area contributed by atoms with Crippen LogP contribution in [0.4, 0.5) is 5.69 Å². The van der Waals surface area contributed by atoms with Gasteiger partial charge >= 0.3 is 0 Å². The average Bonchev–Trinajstić information content (AvgIpc) is 2.93. The average molecular weight is 341 g/mol. The van der Waals surface area contributed by atoms with Gasteiger partial charge in [-0.1, -0.05) is 35.0 Å². The normalized spacial score (nSPS) is 10.7. The van der Waals surface area contributed by atoms with Crippen molar-refractivity contribution in [3.63, 3.8) is 0 Å². The standard InChI is InChI=1S/C19H17ClN2O2/c1-11-4-9-16(10-12(11)2)21-19(23)17-13(3)24-22-18(17)14-5-7-15(20)8-6-14/h4-10H,1-3H3,(H,21,23). The molecule has 5 heteroatoms. The van der Waals surface area contributed by atoms with Gasteiger partial charge in [0.15, 0.2) is 0 Å². The summed E-state index contributed by atoms with van der Waals surface area (Å²) < 4.78 is 5.24. The minimum absolute atomic E-state index is 0.248. The molecule has 2 aromatic carbocycles. The van der Waals surface area contributed by atoms with E-state index in [2.05, 4.69) is 10.5 Å². The van der Waals surface area contributed by atoms with Gasteiger partial charge in [0.05, 0.1) is 0 Å². The van der Waals surface area contributed by atoms with Gasteiger partial charge in [-0.2, -0.15) is 0 Å². The van der Waals surface area contributed by atoms with E-state index in [4.69, 9.17) is 16.1 Å². The number of hydrogen-bond donors (Lipinski definition) is 1. The van der Waals surface area contributed by atoms with Crippen LogP contribution in [-0.4, -0.2) is 11.1 Å². The van der Waals surface area contributed by atoms with Gasteiger partial charge in [-0.25, -0.2) is 0 Å². The van der Waals surface area contributed by atoms with Crippen LogP contribution in [0.25, 0.3) is 11.3 Å². The number of halogens is 1. The SMILES string of the molecule is Cc1ccc(NC(=O)c2c(-c3ccc(Cl)cc3)noc2C)cc1C. The minimum Gasteiger partial charge on any atom is -0.360 e. The summed E-state index contributed by atoms with van der Waals surface area (Å²) in [5, 5.41) is 7.57. The molecule has 0 saturated heterocycles. The van der Waals surface area contributed by atoms with Gasteiger partial charge in [-0.05, 0) is 56.2 Å². The Labute approximate surface area is 145 Å². The van der Waals surface area contributed by atoms with Gasteiger partial charge in [0, 0.05) is 16.3 Å². The fraction of sp³-hybridized carbons (Fsp3) is 0.158. The Hall–Kier alpha value is -2.59. The predicted molar refractivity (Wildman–Crippen MR) is 95.6 cm³/mol. The number of nitrogens with one attached hydrogen (secondary N) is 1. The van der Waals surface area contributed by atoms with Crippen molar-refractivity contribution < 1.29 is 9.32 Å². The van der Waals surface area contributed by atoms with Crippen LogP contribution in [0, 0.1) is 20.8 Å². The Bertz CT molecular complexity index is 898. The molecule has 0 fully saturated rings. The molecule has 1 amide bonds. The van der Waals surface area contributed by atoms with E-state index >= 15 is 0 Å². The number of carbonyl (C=O) groups excluding carboxylic acids is 1. The lowest BCUT2D eigenvalue weighted by molar-refractivity contribution is 0.102. The number of hydrogen-bond acceptors (Lipinski definition) is 3. The first kappa shape index (κ1) is 16.3. The fourth-order valence-electron chi connectivity index (χ4n) is 2.46. The van der Waals surface area contributed by atoms with E-state index in [-0.39, 0.29) is 5.91 Å². The van der Waals surface area contributed by atoms with E-state index in [1.54, 1.807) is 19.1 Å². The summed E-state index contributed by atoms with van der Waals surface area (Å²) in [5.41, 5.74) is 4.75. The second-order valence-corrected chi connectivity index (χ2v) is 6.16. The summed E-state index contributed by atoms with van der Waals surface area (Å²) in [6.07, 6.45) is 0. The van der Waals surface area contributed by atoms with E-state index in [0.717, 1.165) is 16.8 Å². The molecule has 0 unspecified atom stereocenters. The number of aromatic nitrogens is 1. The van der Waals surface area contributed by atoms with Crippen LogP contribution in [0.5, 0.6) is 0 Å². The summed E-state index contributed by atoms with van der Waals surface area (Å²) in [7, 11) is 0. The Balaban J connectivity index is 1.94. The quantitative estimate of drug-likeness (QED) is 0.715. The summed E-state index contributed by atoms with van der Waals surface area (Å²) >= 11 is 5.92. The van der Waals surface area contributed by atoms with Crippen LogP contribution in [0.3, 0.4) is 0 Å². The van der Waals surface area contributed by atoms with Crippen LogP contribution < -0.4 is 5.32 Å². The molecule has 3 rings (SSSR count). The number of nitrogens with zero attached hydrogens (tertiary/aromatic N) is 1. The number of benzene rings is 2. The highest BCUT2D eigenvalue weighted by Crippen LogP contribution is 2.27. The molecule has 0 aliphatic heterocycles. The number of rotatable bonds is 3. The van der Waals surface area contributed by atoms with Crippen molar-refractivity contribution in [1.82, 2.24) is 5.16 Å². The van der Waals surface area contributed by atoms with Crippen LogP contribution in [-0.2, 0) is 0 Å². The maximum Gasteiger partial charge on any atom is 0.261 e. The molecule has 1 aromatic heterocycles. The second-order valence-electron chi connectivity index (χ2n) is 5.72. The van der Waals surface area contributed by atoms with E-state index in [1.807, 2.05) is 44.2 Å². The molecular formula is C19H17ClN2O2. The van der Waals surface area contributed by atoms with Gasteiger partial charge in [0.25, 0.3) is 5.91 Å².